The Balaban J connectivity index is 1.51. The Morgan fingerprint density at radius 2 is 1.75 bits per heavy atom. The molecule has 20 heavy (non-hydrogen) atoms. The minimum Gasteiger partial charge on any atom is -0.481 e. The molecule has 2 amide bonds. The quantitative estimate of drug-likeness (QED) is 0.727. The zero-order valence-corrected chi connectivity index (χ0v) is 11.5. The normalized spacial score (nSPS) is 39.5. The van der Waals surface area contributed by atoms with Crippen LogP contribution in [0.1, 0.15) is 44.9 Å². The van der Waals surface area contributed by atoms with Crippen LogP contribution >= 0.6 is 0 Å². The lowest BCUT2D eigenvalue weighted by molar-refractivity contribution is -0.143. The van der Waals surface area contributed by atoms with E-state index < -0.39 is 11.9 Å². The van der Waals surface area contributed by atoms with Gasteiger partial charge in [-0.05, 0) is 32.1 Å². The van der Waals surface area contributed by atoms with E-state index in [9.17, 15) is 14.7 Å². The Hall–Kier alpha value is -1.30. The molecule has 0 radical (unpaired) electrons. The molecular formula is C14H22N2O4. The maximum Gasteiger partial charge on any atom is 0.315 e. The zero-order chi connectivity index (χ0) is 14.1. The number of amides is 2. The van der Waals surface area contributed by atoms with Crippen LogP contribution in [0.2, 0.25) is 0 Å². The lowest BCUT2D eigenvalue weighted by Gasteiger charge is -2.30. The van der Waals surface area contributed by atoms with Crippen molar-refractivity contribution in [1.82, 2.24) is 10.6 Å². The van der Waals surface area contributed by atoms with Crippen molar-refractivity contribution in [3.8, 4) is 0 Å². The van der Waals surface area contributed by atoms with Crippen molar-refractivity contribution in [2.75, 3.05) is 0 Å². The van der Waals surface area contributed by atoms with Crippen LogP contribution < -0.4 is 10.6 Å². The van der Waals surface area contributed by atoms with E-state index in [2.05, 4.69) is 10.6 Å². The maximum absolute atomic E-state index is 12.0. The minimum absolute atomic E-state index is 0.0839. The molecule has 3 N–H and O–H groups in total. The summed E-state index contributed by atoms with van der Waals surface area (Å²) in [7, 11) is 0. The van der Waals surface area contributed by atoms with Gasteiger partial charge in [0.15, 0.2) is 0 Å². The van der Waals surface area contributed by atoms with E-state index in [1.54, 1.807) is 0 Å². The number of urea groups is 1. The van der Waals surface area contributed by atoms with Gasteiger partial charge in [0.2, 0.25) is 0 Å². The second kappa shape index (κ2) is 5.60. The topological polar surface area (TPSA) is 87.7 Å². The van der Waals surface area contributed by atoms with E-state index in [0.29, 0.717) is 12.5 Å². The molecule has 5 unspecified atom stereocenters. The van der Waals surface area contributed by atoms with Gasteiger partial charge in [-0.15, -0.1) is 0 Å². The molecule has 6 heteroatoms. The molecule has 3 aliphatic rings. The van der Waals surface area contributed by atoms with E-state index in [0.717, 1.165) is 38.5 Å². The Bertz CT molecular complexity index is 401. The number of nitrogens with one attached hydrogen (secondary N) is 2. The first kappa shape index (κ1) is 13.7. The fraction of sp³-hybridized carbons (Fsp3) is 0.857. The maximum atomic E-state index is 12.0. The van der Waals surface area contributed by atoms with Crippen LogP contribution in [-0.4, -0.2) is 41.4 Å². The first-order valence-corrected chi connectivity index (χ1v) is 7.59. The van der Waals surface area contributed by atoms with E-state index in [1.165, 1.54) is 0 Å². The fourth-order valence-corrected chi connectivity index (χ4v) is 3.77. The highest BCUT2D eigenvalue weighted by atomic mass is 16.5. The van der Waals surface area contributed by atoms with Crippen molar-refractivity contribution in [2.24, 2.45) is 5.92 Å². The van der Waals surface area contributed by atoms with Crippen LogP contribution in [0.3, 0.4) is 0 Å². The van der Waals surface area contributed by atoms with Crippen molar-refractivity contribution in [3.05, 3.63) is 0 Å². The van der Waals surface area contributed by atoms with Gasteiger partial charge in [-0.3, -0.25) is 4.79 Å². The highest BCUT2D eigenvalue weighted by Gasteiger charge is 2.42. The van der Waals surface area contributed by atoms with Crippen LogP contribution in [0, 0.1) is 5.92 Å². The third-order valence-corrected chi connectivity index (χ3v) is 4.82. The molecular weight excluding hydrogens is 260 g/mol. The van der Waals surface area contributed by atoms with Gasteiger partial charge >= 0.3 is 12.0 Å². The first-order valence-electron chi connectivity index (χ1n) is 7.59. The molecule has 2 heterocycles. The first-order chi connectivity index (χ1) is 9.63. The average Bonchev–Trinajstić information content (AvgIpc) is 3.01. The number of carbonyl (C=O) groups is 2. The van der Waals surface area contributed by atoms with Gasteiger partial charge in [0.05, 0.1) is 24.2 Å². The number of carboxylic acid groups (broad SMARTS) is 1. The monoisotopic (exact) mass is 282 g/mol. The largest absolute Gasteiger partial charge is 0.481 e. The molecule has 3 fully saturated rings. The average molecular weight is 282 g/mol. The zero-order valence-electron chi connectivity index (χ0n) is 11.5. The smallest absolute Gasteiger partial charge is 0.315 e. The highest BCUT2D eigenvalue weighted by Crippen LogP contribution is 2.34. The van der Waals surface area contributed by atoms with E-state index in [-0.39, 0.29) is 24.2 Å². The summed E-state index contributed by atoms with van der Waals surface area (Å²) in [6, 6.07) is -0.411. The summed E-state index contributed by atoms with van der Waals surface area (Å²) in [5, 5.41) is 15.0. The van der Waals surface area contributed by atoms with Crippen molar-refractivity contribution < 1.29 is 19.4 Å². The molecule has 6 nitrogen and oxygen atoms in total. The number of aliphatic carboxylic acids is 1. The molecule has 112 valence electrons. The Labute approximate surface area is 118 Å². The predicted octanol–water partition coefficient (Wildman–Crippen LogP) is 1.25. The predicted molar refractivity (Wildman–Crippen MR) is 71.3 cm³/mol. The van der Waals surface area contributed by atoms with Crippen molar-refractivity contribution in [2.45, 2.75) is 69.2 Å². The van der Waals surface area contributed by atoms with Gasteiger partial charge < -0.3 is 20.5 Å². The summed E-state index contributed by atoms with van der Waals surface area (Å²) in [6.45, 7) is 0. The van der Waals surface area contributed by atoms with Gasteiger partial charge in [0.25, 0.3) is 0 Å². The van der Waals surface area contributed by atoms with E-state index >= 15 is 0 Å². The Morgan fingerprint density at radius 3 is 2.40 bits per heavy atom. The van der Waals surface area contributed by atoms with E-state index in [1.807, 2.05) is 0 Å². The lowest BCUT2D eigenvalue weighted by atomic mass is 9.84. The van der Waals surface area contributed by atoms with Crippen LogP contribution in [0.5, 0.6) is 0 Å². The SMILES string of the molecule is O=C(NC1CC2CCC1O2)NC1CCCCC1C(=O)O. The molecule has 0 aromatic carbocycles. The molecule has 0 spiro atoms. The highest BCUT2D eigenvalue weighted by molar-refractivity contribution is 5.77. The van der Waals surface area contributed by atoms with Gasteiger partial charge in [-0.2, -0.15) is 0 Å². The molecule has 0 aromatic heterocycles. The van der Waals surface area contributed by atoms with Crippen LogP contribution in [0.25, 0.3) is 0 Å². The van der Waals surface area contributed by atoms with Crippen molar-refractivity contribution >= 4 is 12.0 Å². The number of ether oxygens (including phenoxy) is 1. The van der Waals surface area contributed by atoms with E-state index in [4.69, 9.17) is 4.74 Å². The van der Waals surface area contributed by atoms with Gasteiger partial charge in [-0.1, -0.05) is 12.8 Å². The summed E-state index contributed by atoms with van der Waals surface area (Å²) in [6.07, 6.45) is 6.73. The van der Waals surface area contributed by atoms with Gasteiger partial charge in [-0.25, -0.2) is 4.79 Å². The number of rotatable bonds is 3. The second-order valence-corrected chi connectivity index (χ2v) is 6.17. The number of carbonyl (C=O) groups excluding carboxylic acids is 1. The lowest BCUT2D eigenvalue weighted by Crippen LogP contribution is -2.52. The number of carboxylic acids is 1. The third-order valence-electron chi connectivity index (χ3n) is 4.82. The number of fused-ring (bicyclic) bond motifs is 2. The second-order valence-electron chi connectivity index (χ2n) is 6.17. The molecule has 0 aromatic rings. The van der Waals surface area contributed by atoms with Crippen LogP contribution in [0.15, 0.2) is 0 Å². The van der Waals surface area contributed by atoms with Crippen LogP contribution in [0.4, 0.5) is 4.79 Å². The van der Waals surface area contributed by atoms with Gasteiger partial charge in [0.1, 0.15) is 0 Å². The summed E-state index contributed by atoms with van der Waals surface area (Å²) in [4.78, 5) is 23.2. The standard InChI is InChI=1S/C14H22N2O4/c17-13(18)9-3-1-2-4-10(9)15-14(19)16-11-7-8-5-6-12(11)20-8/h8-12H,1-7H2,(H,17,18)(H2,15,16,19). The summed E-state index contributed by atoms with van der Waals surface area (Å²) >= 11 is 0. The Morgan fingerprint density at radius 1 is 1.00 bits per heavy atom. The summed E-state index contributed by atoms with van der Waals surface area (Å²) in [5.74, 6) is -1.26. The van der Waals surface area contributed by atoms with Crippen molar-refractivity contribution in [3.63, 3.8) is 0 Å². The molecule has 2 aliphatic heterocycles. The molecule has 5 atom stereocenters. The number of hydrogen-bond donors (Lipinski definition) is 3. The van der Waals surface area contributed by atoms with Gasteiger partial charge in [0, 0.05) is 6.04 Å². The molecule has 1 saturated carbocycles. The molecule has 3 rings (SSSR count). The molecule has 1 aliphatic carbocycles. The molecule has 2 saturated heterocycles. The summed E-state index contributed by atoms with van der Waals surface area (Å²) in [5.41, 5.74) is 0. The summed E-state index contributed by atoms with van der Waals surface area (Å²) < 4.78 is 5.70. The minimum atomic E-state index is -0.807. The number of hydrogen-bond acceptors (Lipinski definition) is 3. The molecule has 2 bridgehead atoms. The Kier molecular flexibility index (Phi) is 3.83. The van der Waals surface area contributed by atoms with Crippen molar-refractivity contribution in [1.29, 1.82) is 0 Å². The third kappa shape index (κ3) is 2.75. The van der Waals surface area contributed by atoms with Crippen LogP contribution in [-0.2, 0) is 9.53 Å². The fourth-order valence-electron chi connectivity index (χ4n) is 3.77.